The highest BCUT2D eigenvalue weighted by Crippen LogP contribution is 2.26. The molecule has 128 valence electrons. The number of fused-ring (bicyclic) bond motifs is 1. The predicted octanol–water partition coefficient (Wildman–Crippen LogP) is 3.03. The van der Waals surface area contributed by atoms with Crippen LogP contribution in [-0.2, 0) is 9.59 Å². The van der Waals surface area contributed by atoms with Crippen molar-refractivity contribution in [3.05, 3.63) is 30.0 Å². The molecule has 7 heteroatoms. The Morgan fingerprint density at radius 2 is 1.92 bits per heavy atom. The van der Waals surface area contributed by atoms with Gasteiger partial charge in [-0.3, -0.25) is 9.59 Å². The van der Waals surface area contributed by atoms with Crippen molar-refractivity contribution in [2.45, 2.75) is 26.2 Å². The molecule has 1 saturated heterocycles. The summed E-state index contributed by atoms with van der Waals surface area (Å²) in [6.07, 6.45) is 4.28. The topological polar surface area (TPSA) is 65.2 Å². The van der Waals surface area contributed by atoms with Gasteiger partial charge in [0.1, 0.15) is 0 Å². The molecular weight excluding hydrogens is 316 g/mol. The van der Waals surface area contributed by atoms with Crippen molar-refractivity contribution < 1.29 is 18.4 Å². The summed E-state index contributed by atoms with van der Waals surface area (Å²) in [7, 11) is 0. The zero-order chi connectivity index (χ0) is 17.3. The number of hydrogen-bond donors (Lipinski definition) is 2. The first-order chi connectivity index (χ1) is 11.5. The van der Waals surface area contributed by atoms with Crippen molar-refractivity contribution in [2.75, 3.05) is 18.4 Å². The summed E-state index contributed by atoms with van der Waals surface area (Å²) in [6.45, 7) is 3.25. The van der Waals surface area contributed by atoms with E-state index in [-0.39, 0.29) is 5.69 Å². The minimum Gasteiger partial charge on any atom is -0.359 e. The molecule has 1 aliphatic rings. The number of anilines is 1. The van der Waals surface area contributed by atoms with Crippen LogP contribution in [0.25, 0.3) is 10.9 Å². The van der Waals surface area contributed by atoms with Crippen LogP contribution in [0.2, 0.25) is 0 Å². The molecule has 2 N–H and O–H groups in total. The summed E-state index contributed by atoms with van der Waals surface area (Å²) in [4.78, 5) is 28.7. The lowest BCUT2D eigenvalue weighted by Crippen LogP contribution is -2.44. The lowest BCUT2D eigenvalue weighted by Gasteiger charge is -2.30. The molecular formula is C17H19F2N3O2. The normalized spacial score (nSPS) is 15.7. The van der Waals surface area contributed by atoms with Crippen molar-refractivity contribution in [3.63, 3.8) is 0 Å². The third-order valence-electron chi connectivity index (χ3n) is 4.64. The molecule has 2 heterocycles. The van der Waals surface area contributed by atoms with Crippen molar-refractivity contribution >= 4 is 28.4 Å². The number of likely N-dealkylation sites (tertiary alicyclic amines) is 1. The fourth-order valence-electron chi connectivity index (χ4n) is 3.08. The molecule has 0 spiro atoms. The zero-order valence-corrected chi connectivity index (χ0v) is 13.4. The number of nitrogens with one attached hydrogen (secondary N) is 2. The van der Waals surface area contributed by atoms with Crippen LogP contribution in [0.15, 0.2) is 18.3 Å². The number of aromatic amines is 1. The quantitative estimate of drug-likeness (QED) is 0.829. The summed E-state index contributed by atoms with van der Waals surface area (Å²) < 4.78 is 26.6. The number of nitrogens with zero attached hydrogens (tertiary/aromatic N) is 1. The predicted molar refractivity (Wildman–Crippen MR) is 86.4 cm³/mol. The first-order valence-electron chi connectivity index (χ1n) is 8.06. The summed E-state index contributed by atoms with van der Waals surface area (Å²) in [5, 5.41) is 2.80. The maximum absolute atomic E-state index is 13.4. The van der Waals surface area contributed by atoms with Crippen LogP contribution in [0.5, 0.6) is 0 Å². The fourth-order valence-corrected chi connectivity index (χ4v) is 3.08. The molecule has 24 heavy (non-hydrogen) atoms. The van der Waals surface area contributed by atoms with Gasteiger partial charge in [-0.15, -0.1) is 0 Å². The Morgan fingerprint density at radius 3 is 2.58 bits per heavy atom. The molecule has 5 nitrogen and oxygen atoms in total. The Labute approximate surface area is 138 Å². The molecule has 0 aliphatic carbocycles. The first-order valence-corrected chi connectivity index (χ1v) is 8.06. The van der Waals surface area contributed by atoms with Crippen molar-refractivity contribution in [3.8, 4) is 0 Å². The summed E-state index contributed by atoms with van der Waals surface area (Å²) in [5.41, 5.74) is 0.603. The number of aromatic nitrogens is 1. The smallest absolute Gasteiger partial charge is 0.313 e. The van der Waals surface area contributed by atoms with Gasteiger partial charge in [-0.05, 0) is 24.8 Å². The molecule has 0 unspecified atom stereocenters. The van der Waals surface area contributed by atoms with E-state index in [0.717, 1.165) is 31.4 Å². The number of hydrogen-bond acceptors (Lipinski definition) is 2. The number of amides is 2. The van der Waals surface area contributed by atoms with Gasteiger partial charge in [0.15, 0.2) is 11.6 Å². The molecule has 1 aromatic carbocycles. The maximum Gasteiger partial charge on any atom is 0.313 e. The number of rotatable bonds is 2. The maximum atomic E-state index is 13.4. The Bertz CT molecular complexity index is 779. The number of carbonyl (C=O) groups excluding carboxylic acids is 2. The van der Waals surface area contributed by atoms with Crippen LogP contribution in [0.1, 0.15) is 26.2 Å². The lowest BCUT2D eigenvalue weighted by atomic mass is 9.94. The Hall–Kier alpha value is -2.44. The molecule has 2 aromatic rings. The molecule has 0 atom stereocenters. The largest absolute Gasteiger partial charge is 0.359 e. The summed E-state index contributed by atoms with van der Waals surface area (Å²) in [5.74, 6) is -2.75. The average molecular weight is 335 g/mol. The van der Waals surface area contributed by atoms with Gasteiger partial charge in [0.05, 0.1) is 11.2 Å². The highest BCUT2D eigenvalue weighted by molar-refractivity contribution is 6.40. The van der Waals surface area contributed by atoms with E-state index in [0.29, 0.717) is 29.9 Å². The second kappa shape index (κ2) is 6.59. The number of piperidine rings is 1. The van der Waals surface area contributed by atoms with E-state index < -0.39 is 23.4 Å². The van der Waals surface area contributed by atoms with Gasteiger partial charge < -0.3 is 15.2 Å². The van der Waals surface area contributed by atoms with E-state index in [1.165, 1.54) is 11.1 Å². The van der Waals surface area contributed by atoms with Crippen molar-refractivity contribution in [1.29, 1.82) is 0 Å². The molecule has 1 aliphatic heterocycles. The highest BCUT2D eigenvalue weighted by Gasteiger charge is 2.27. The molecule has 1 fully saturated rings. The van der Waals surface area contributed by atoms with Gasteiger partial charge in [0, 0.05) is 30.7 Å². The van der Waals surface area contributed by atoms with Gasteiger partial charge >= 0.3 is 11.8 Å². The molecule has 1 aromatic heterocycles. The number of carbonyl (C=O) groups is 2. The molecule has 0 bridgehead atoms. The van der Waals surface area contributed by atoms with Gasteiger partial charge in [-0.1, -0.05) is 13.3 Å². The van der Waals surface area contributed by atoms with E-state index in [4.69, 9.17) is 0 Å². The van der Waals surface area contributed by atoms with Gasteiger partial charge in [0.2, 0.25) is 0 Å². The van der Waals surface area contributed by atoms with Crippen LogP contribution in [-0.4, -0.2) is 34.8 Å². The Kier molecular flexibility index (Phi) is 4.51. The van der Waals surface area contributed by atoms with E-state index >= 15 is 0 Å². The average Bonchev–Trinajstić information content (AvgIpc) is 2.96. The Balaban J connectivity index is 1.71. The first kappa shape index (κ1) is 16.4. The monoisotopic (exact) mass is 335 g/mol. The molecule has 3 rings (SSSR count). The SMILES string of the molecule is CCC1CCN(C(=O)C(=O)Nc2c[nH]c3cc(F)c(F)cc23)CC1. The van der Waals surface area contributed by atoms with Crippen LogP contribution in [0.3, 0.4) is 0 Å². The highest BCUT2D eigenvalue weighted by atomic mass is 19.2. The number of benzene rings is 1. The number of H-pyrrole nitrogens is 1. The third kappa shape index (κ3) is 3.11. The zero-order valence-electron chi connectivity index (χ0n) is 13.4. The van der Waals surface area contributed by atoms with Crippen molar-refractivity contribution in [2.24, 2.45) is 5.92 Å². The van der Waals surface area contributed by atoms with E-state index in [2.05, 4.69) is 17.2 Å². The second-order valence-electron chi connectivity index (χ2n) is 6.11. The van der Waals surface area contributed by atoms with Crippen molar-refractivity contribution in [1.82, 2.24) is 9.88 Å². The summed E-state index contributed by atoms with van der Waals surface area (Å²) >= 11 is 0. The fraction of sp³-hybridized carbons (Fsp3) is 0.412. The minimum absolute atomic E-state index is 0.255. The molecule has 0 saturated carbocycles. The van der Waals surface area contributed by atoms with Gasteiger partial charge in [-0.25, -0.2) is 8.78 Å². The van der Waals surface area contributed by atoms with E-state index in [9.17, 15) is 18.4 Å². The third-order valence-corrected chi connectivity index (χ3v) is 4.64. The standard InChI is InChI=1S/C17H19F2N3O2/c1-2-10-3-5-22(6-4-10)17(24)16(23)21-15-9-20-14-8-13(19)12(18)7-11(14)15/h7-10,20H,2-6H2,1H3,(H,21,23). The van der Waals surface area contributed by atoms with E-state index in [1.807, 2.05) is 0 Å². The minimum atomic E-state index is -1.01. The van der Waals surface area contributed by atoms with Crippen LogP contribution >= 0.6 is 0 Å². The van der Waals surface area contributed by atoms with Crippen LogP contribution < -0.4 is 5.32 Å². The van der Waals surface area contributed by atoms with Crippen LogP contribution in [0.4, 0.5) is 14.5 Å². The van der Waals surface area contributed by atoms with E-state index in [1.54, 1.807) is 0 Å². The van der Waals surface area contributed by atoms with Crippen LogP contribution in [0, 0.1) is 17.6 Å². The summed E-state index contributed by atoms with van der Waals surface area (Å²) in [6, 6.07) is 2.01. The molecule has 0 radical (unpaired) electrons. The Morgan fingerprint density at radius 1 is 1.25 bits per heavy atom. The van der Waals surface area contributed by atoms with Gasteiger partial charge in [-0.2, -0.15) is 0 Å². The van der Waals surface area contributed by atoms with Gasteiger partial charge in [0.25, 0.3) is 0 Å². The number of halogens is 2. The molecule has 2 amide bonds. The second-order valence-corrected chi connectivity index (χ2v) is 6.11. The lowest BCUT2D eigenvalue weighted by molar-refractivity contribution is -0.144.